The summed E-state index contributed by atoms with van der Waals surface area (Å²) >= 11 is 1.68. The lowest BCUT2D eigenvalue weighted by molar-refractivity contribution is -0.137. The third-order valence-electron chi connectivity index (χ3n) is 7.57. The second-order valence-corrected chi connectivity index (χ2v) is 11.4. The maximum Gasteiger partial charge on any atom is 0.326 e. The van der Waals surface area contributed by atoms with E-state index in [9.17, 15) is 9.90 Å². The number of thioether (sulfide) groups is 1. The highest BCUT2D eigenvalue weighted by Crippen LogP contribution is 2.33. The molecule has 2 N–H and O–H groups in total. The van der Waals surface area contributed by atoms with Crippen LogP contribution in [0.3, 0.4) is 0 Å². The van der Waals surface area contributed by atoms with Crippen molar-refractivity contribution in [3.63, 3.8) is 0 Å². The molecule has 198 valence electrons. The summed E-state index contributed by atoms with van der Waals surface area (Å²) in [5.74, 6) is 0.915. The Labute approximate surface area is 223 Å². The number of rotatable bonds is 15. The van der Waals surface area contributed by atoms with Gasteiger partial charge in [-0.3, -0.25) is 4.90 Å². The third kappa shape index (κ3) is 8.85. The number of anilines is 1. The Kier molecular flexibility index (Phi) is 12.2. The van der Waals surface area contributed by atoms with E-state index >= 15 is 0 Å². The molecule has 0 radical (unpaired) electrons. The van der Waals surface area contributed by atoms with Gasteiger partial charge in [-0.2, -0.15) is 11.8 Å². The molecule has 1 atom stereocenters. The largest absolute Gasteiger partial charge is 0.480 e. The van der Waals surface area contributed by atoms with Crippen LogP contribution in [0.15, 0.2) is 42.5 Å². The van der Waals surface area contributed by atoms with E-state index in [0.717, 1.165) is 41.6 Å². The van der Waals surface area contributed by atoms with Crippen molar-refractivity contribution in [3.05, 3.63) is 53.6 Å². The van der Waals surface area contributed by atoms with Crippen LogP contribution in [0.4, 0.5) is 5.69 Å². The van der Waals surface area contributed by atoms with Crippen LogP contribution in [0.5, 0.6) is 0 Å². The maximum atomic E-state index is 12.0. The van der Waals surface area contributed by atoms with E-state index in [1.165, 1.54) is 69.0 Å². The highest BCUT2D eigenvalue weighted by Gasteiger charge is 2.20. The Morgan fingerprint density at radius 1 is 1.11 bits per heavy atom. The van der Waals surface area contributed by atoms with Crippen molar-refractivity contribution in [1.29, 1.82) is 0 Å². The van der Waals surface area contributed by atoms with Gasteiger partial charge in [0.25, 0.3) is 0 Å². The molecule has 5 heteroatoms. The van der Waals surface area contributed by atoms with E-state index in [4.69, 9.17) is 0 Å². The topological polar surface area (TPSA) is 52.6 Å². The van der Waals surface area contributed by atoms with Crippen molar-refractivity contribution in [2.75, 3.05) is 30.4 Å². The maximum absolute atomic E-state index is 12.0. The number of hydrogen-bond acceptors (Lipinski definition) is 4. The molecule has 0 amide bonds. The summed E-state index contributed by atoms with van der Waals surface area (Å²) < 4.78 is 0. The molecule has 3 rings (SSSR count). The molecular weight excluding hydrogens is 464 g/mol. The number of nitrogens with one attached hydrogen (secondary N) is 1. The van der Waals surface area contributed by atoms with Crippen LogP contribution in [-0.4, -0.2) is 47.1 Å². The van der Waals surface area contributed by atoms with Crippen molar-refractivity contribution < 1.29 is 9.90 Å². The van der Waals surface area contributed by atoms with Gasteiger partial charge in [0.15, 0.2) is 0 Å². The quantitative estimate of drug-likeness (QED) is 0.255. The zero-order valence-corrected chi connectivity index (χ0v) is 23.4. The molecule has 0 unspecified atom stereocenters. The summed E-state index contributed by atoms with van der Waals surface area (Å²) in [5.41, 5.74) is 5.68. The minimum atomic E-state index is -0.794. The highest BCUT2D eigenvalue weighted by molar-refractivity contribution is 7.98. The van der Waals surface area contributed by atoms with Gasteiger partial charge in [0.2, 0.25) is 0 Å². The Morgan fingerprint density at radius 2 is 1.89 bits per heavy atom. The van der Waals surface area contributed by atoms with Gasteiger partial charge in [-0.15, -0.1) is 0 Å². The minimum absolute atomic E-state index is 0.595. The number of hydrogen-bond donors (Lipinski definition) is 2. The van der Waals surface area contributed by atoms with Gasteiger partial charge in [0, 0.05) is 17.8 Å². The average Bonchev–Trinajstić information content (AvgIpc) is 2.89. The molecule has 1 fully saturated rings. The van der Waals surface area contributed by atoms with E-state index in [0.29, 0.717) is 6.42 Å². The molecule has 0 heterocycles. The Balaban J connectivity index is 1.83. The van der Waals surface area contributed by atoms with Crippen molar-refractivity contribution >= 4 is 23.4 Å². The summed E-state index contributed by atoms with van der Waals surface area (Å²) in [4.78, 5) is 14.6. The van der Waals surface area contributed by atoms with Gasteiger partial charge in [-0.25, -0.2) is 4.79 Å². The number of carboxylic acid groups (broad SMARTS) is 1. The summed E-state index contributed by atoms with van der Waals surface area (Å²) in [6.07, 6.45) is 13.4. The molecule has 2 aromatic carbocycles. The molecular formula is C31H46N2O2S. The molecule has 0 bridgehead atoms. The fourth-order valence-corrected chi connectivity index (χ4v) is 5.82. The number of carbonyl (C=O) groups is 1. The SMILES string of the molecule is CCCCN(CCC1CCCCC1)Cc1ccc(N[C@@H](CCSC)C(=O)O)c(-c2ccccc2C)c1. The zero-order chi connectivity index (χ0) is 25.8. The number of nitrogens with zero attached hydrogens (tertiary/aromatic N) is 1. The van der Waals surface area contributed by atoms with Crippen LogP contribution < -0.4 is 5.32 Å². The van der Waals surface area contributed by atoms with E-state index in [-0.39, 0.29) is 0 Å². The Morgan fingerprint density at radius 3 is 2.58 bits per heavy atom. The normalized spacial score (nSPS) is 15.2. The van der Waals surface area contributed by atoms with Crippen LogP contribution in [0, 0.1) is 12.8 Å². The Bertz CT molecular complexity index is 942. The number of aryl methyl sites for hydroxylation is 1. The third-order valence-corrected chi connectivity index (χ3v) is 8.21. The van der Waals surface area contributed by atoms with Gasteiger partial charge in [0.1, 0.15) is 6.04 Å². The first-order valence-electron chi connectivity index (χ1n) is 13.9. The molecule has 2 aromatic rings. The fourth-order valence-electron chi connectivity index (χ4n) is 5.35. The lowest BCUT2D eigenvalue weighted by Gasteiger charge is -2.27. The molecule has 0 saturated heterocycles. The predicted molar refractivity (Wildman–Crippen MR) is 156 cm³/mol. The number of aliphatic carboxylic acids is 1. The lowest BCUT2D eigenvalue weighted by atomic mass is 9.87. The van der Waals surface area contributed by atoms with Crippen LogP contribution in [0.2, 0.25) is 0 Å². The van der Waals surface area contributed by atoms with Gasteiger partial charge >= 0.3 is 5.97 Å². The van der Waals surface area contributed by atoms with Crippen LogP contribution in [0.25, 0.3) is 11.1 Å². The molecule has 36 heavy (non-hydrogen) atoms. The minimum Gasteiger partial charge on any atom is -0.480 e. The molecule has 0 spiro atoms. The molecule has 1 aliphatic carbocycles. The average molecular weight is 511 g/mol. The monoisotopic (exact) mass is 510 g/mol. The smallest absolute Gasteiger partial charge is 0.326 e. The van der Waals surface area contributed by atoms with Crippen molar-refractivity contribution in [2.24, 2.45) is 5.92 Å². The van der Waals surface area contributed by atoms with Gasteiger partial charge in [0.05, 0.1) is 0 Å². The van der Waals surface area contributed by atoms with Gasteiger partial charge < -0.3 is 10.4 Å². The van der Waals surface area contributed by atoms with E-state index < -0.39 is 12.0 Å². The van der Waals surface area contributed by atoms with Crippen molar-refractivity contribution in [1.82, 2.24) is 4.90 Å². The number of benzene rings is 2. The summed E-state index contributed by atoms with van der Waals surface area (Å²) in [5, 5.41) is 13.2. The van der Waals surface area contributed by atoms with Crippen molar-refractivity contribution in [3.8, 4) is 11.1 Å². The molecule has 4 nitrogen and oxygen atoms in total. The summed E-state index contributed by atoms with van der Waals surface area (Å²) in [6.45, 7) is 7.65. The van der Waals surface area contributed by atoms with Gasteiger partial charge in [-0.05, 0) is 86.0 Å². The fraction of sp³-hybridized carbons (Fsp3) is 0.581. The molecule has 0 aliphatic heterocycles. The first-order chi connectivity index (χ1) is 17.5. The van der Waals surface area contributed by atoms with E-state index in [1.807, 2.05) is 6.26 Å². The van der Waals surface area contributed by atoms with E-state index in [2.05, 4.69) is 66.5 Å². The first-order valence-corrected chi connectivity index (χ1v) is 15.3. The second kappa shape index (κ2) is 15.3. The number of carboxylic acids is 1. The zero-order valence-electron chi connectivity index (χ0n) is 22.6. The molecule has 1 aliphatic rings. The summed E-state index contributed by atoms with van der Waals surface area (Å²) in [7, 11) is 0. The van der Waals surface area contributed by atoms with E-state index in [1.54, 1.807) is 11.8 Å². The number of unbranched alkanes of at least 4 members (excludes halogenated alkanes) is 1. The lowest BCUT2D eigenvalue weighted by Crippen LogP contribution is -2.30. The second-order valence-electron chi connectivity index (χ2n) is 10.4. The van der Waals surface area contributed by atoms with Crippen LogP contribution in [-0.2, 0) is 11.3 Å². The predicted octanol–water partition coefficient (Wildman–Crippen LogP) is 7.85. The first kappa shape index (κ1) is 28.6. The standard InChI is InChI=1S/C31H46N2O2S/c1-4-5-19-33(20-17-25-12-7-6-8-13-25)23-26-15-16-29(32-30(31(34)35)18-21-36-3)28(22-26)27-14-10-9-11-24(27)2/h9-11,14-16,22,25,30,32H,4-8,12-13,17-21,23H2,1-3H3,(H,34,35)/t30-/m0/s1. The van der Waals surface area contributed by atoms with Crippen LogP contribution in [0.1, 0.15) is 75.8 Å². The molecule has 0 aromatic heterocycles. The summed E-state index contributed by atoms with van der Waals surface area (Å²) in [6, 6.07) is 14.4. The van der Waals surface area contributed by atoms with Gasteiger partial charge in [-0.1, -0.05) is 75.8 Å². The highest BCUT2D eigenvalue weighted by atomic mass is 32.2. The van der Waals surface area contributed by atoms with Crippen molar-refractivity contribution in [2.45, 2.75) is 84.2 Å². The van der Waals surface area contributed by atoms with Crippen LogP contribution >= 0.6 is 11.8 Å². The molecule has 1 saturated carbocycles. The Hall–Kier alpha value is -1.98.